The molecule has 6 heteroatoms. The minimum atomic E-state index is -0.00813. The fraction of sp³-hybridized carbons (Fsp3) is 0.0476. The average Bonchev–Trinajstić information content (AvgIpc) is 3.38. The first-order chi connectivity index (χ1) is 13.3. The maximum atomic E-state index is 12.7. The highest BCUT2D eigenvalue weighted by atomic mass is 32.1. The predicted octanol–water partition coefficient (Wildman–Crippen LogP) is 4.98. The van der Waals surface area contributed by atoms with Crippen molar-refractivity contribution >= 4 is 33.1 Å². The Morgan fingerprint density at radius 2 is 1.93 bits per heavy atom. The summed E-state index contributed by atoms with van der Waals surface area (Å²) < 4.78 is 11.3. The van der Waals surface area contributed by atoms with Crippen LogP contribution < -0.4 is 10.2 Å². The number of ether oxygens (including phenoxy) is 1. The Morgan fingerprint density at radius 1 is 1.04 bits per heavy atom. The molecular weight excluding hydrogens is 360 g/mol. The molecule has 3 heterocycles. The number of H-pyrrole nitrogens is 1. The molecule has 2 aromatic carbocycles. The van der Waals surface area contributed by atoms with Gasteiger partial charge in [0.2, 0.25) is 5.89 Å². The molecule has 0 bridgehead atoms. The maximum Gasteiger partial charge on any atom is 0.236 e. The van der Waals surface area contributed by atoms with Crippen LogP contribution in [0.3, 0.4) is 0 Å². The van der Waals surface area contributed by atoms with E-state index in [-0.39, 0.29) is 12.0 Å². The van der Waals surface area contributed by atoms with E-state index < -0.39 is 0 Å². The van der Waals surface area contributed by atoms with Crippen molar-refractivity contribution in [3.63, 3.8) is 0 Å². The molecule has 0 amide bonds. The molecule has 0 fully saturated rings. The zero-order valence-electron chi connectivity index (χ0n) is 14.1. The number of nitrogens with one attached hydrogen (secondary N) is 1. The lowest BCUT2D eigenvalue weighted by molar-refractivity contribution is 0.301. The molecule has 1 N–H and O–H groups in total. The fourth-order valence-corrected chi connectivity index (χ4v) is 3.69. The van der Waals surface area contributed by atoms with Crippen LogP contribution in [0.15, 0.2) is 75.5 Å². The van der Waals surface area contributed by atoms with Gasteiger partial charge in [0.05, 0.1) is 10.4 Å². The Labute approximate surface area is 157 Å². The number of rotatable bonds is 4. The first-order valence-corrected chi connectivity index (χ1v) is 9.32. The van der Waals surface area contributed by atoms with E-state index in [0.717, 1.165) is 15.9 Å². The van der Waals surface area contributed by atoms with E-state index >= 15 is 0 Å². The molecule has 0 unspecified atom stereocenters. The molecule has 0 radical (unpaired) electrons. The van der Waals surface area contributed by atoms with Gasteiger partial charge in [0, 0.05) is 16.3 Å². The van der Waals surface area contributed by atoms with Crippen LogP contribution in [0.5, 0.6) is 5.75 Å². The molecule has 0 saturated heterocycles. The monoisotopic (exact) mass is 374 g/mol. The van der Waals surface area contributed by atoms with Crippen LogP contribution in [0.4, 0.5) is 0 Å². The summed E-state index contributed by atoms with van der Waals surface area (Å²) >= 11 is 1.57. The van der Waals surface area contributed by atoms with Crippen LogP contribution in [0, 0.1) is 0 Å². The normalized spacial score (nSPS) is 11.3. The summed E-state index contributed by atoms with van der Waals surface area (Å²) in [5, 5.41) is 3.25. The second-order valence-electron chi connectivity index (χ2n) is 6.12. The van der Waals surface area contributed by atoms with Gasteiger partial charge in [-0.2, -0.15) is 0 Å². The molecule has 0 spiro atoms. The van der Waals surface area contributed by atoms with Crippen LogP contribution in [0.25, 0.3) is 32.6 Å². The number of nitrogens with zero attached hydrogens (tertiary/aromatic N) is 1. The third-order valence-electron chi connectivity index (χ3n) is 4.35. The smallest absolute Gasteiger partial charge is 0.236 e. The van der Waals surface area contributed by atoms with Crippen LogP contribution in [-0.4, -0.2) is 9.97 Å². The van der Waals surface area contributed by atoms with E-state index in [1.807, 2.05) is 53.9 Å². The van der Waals surface area contributed by atoms with Gasteiger partial charge >= 0.3 is 0 Å². The zero-order chi connectivity index (χ0) is 18.2. The number of aromatic amines is 1. The first-order valence-electron chi connectivity index (χ1n) is 8.44. The number of oxazole rings is 1. The molecular formula is C21H14N2O3S. The van der Waals surface area contributed by atoms with Crippen molar-refractivity contribution in [3.05, 3.63) is 82.2 Å². The number of pyridine rings is 1. The Bertz CT molecular complexity index is 1300. The van der Waals surface area contributed by atoms with Crippen LogP contribution in [-0.2, 0) is 6.61 Å². The van der Waals surface area contributed by atoms with E-state index in [4.69, 9.17) is 9.15 Å². The number of benzene rings is 2. The summed E-state index contributed by atoms with van der Waals surface area (Å²) in [5.41, 5.74) is 2.30. The quantitative estimate of drug-likeness (QED) is 0.451. The number of fused-ring (bicyclic) bond motifs is 2. The Hall–Kier alpha value is -3.38. The van der Waals surface area contributed by atoms with Crippen molar-refractivity contribution < 1.29 is 9.15 Å². The second-order valence-corrected chi connectivity index (χ2v) is 7.06. The highest BCUT2D eigenvalue weighted by Crippen LogP contribution is 2.25. The number of thiophene rings is 1. The van der Waals surface area contributed by atoms with E-state index in [1.54, 1.807) is 23.7 Å². The Kier molecular flexibility index (Phi) is 3.76. The van der Waals surface area contributed by atoms with Gasteiger partial charge in [-0.15, -0.1) is 11.3 Å². The molecule has 5 aromatic rings. The van der Waals surface area contributed by atoms with Crippen molar-refractivity contribution in [2.75, 3.05) is 0 Å². The summed E-state index contributed by atoms with van der Waals surface area (Å²) in [7, 11) is 0. The van der Waals surface area contributed by atoms with Crippen LogP contribution in [0.2, 0.25) is 0 Å². The summed E-state index contributed by atoms with van der Waals surface area (Å²) in [5.74, 6) is 1.20. The van der Waals surface area contributed by atoms with Crippen molar-refractivity contribution in [1.82, 2.24) is 9.97 Å². The molecule has 0 aliphatic rings. The minimum Gasteiger partial charge on any atom is -0.487 e. The first kappa shape index (κ1) is 15.8. The summed E-state index contributed by atoms with van der Waals surface area (Å²) in [6.07, 6.45) is 1.59. The van der Waals surface area contributed by atoms with Gasteiger partial charge < -0.3 is 14.1 Å². The summed E-state index contributed by atoms with van der Waals surface area (Å²) in [4.78, 5) is 21.5. The highest BCUT2D eigenvalue weighted by molar-refractivity contribution is 7.13. The molecule has 0 saturated carbocycles. The summed E-state index contributed by atoms with van der Waals surface area (Å²) in [6.45, 7) is 0.270. The van der Waals surface area contributed by atoms with Crippen molar-refractivity contribution in [2.24, 2.45) is 0 Å². The molecule has 3 aromatic heterocycles. The Balaban J connectivity index is 1.43. The van der Waals surface area contributed by atoms with Crippen LogP contribution in [0.1, 0.15) is 5.69 Å². The number of aromatic nitrogens is 2. The molecule has 0 atom stereocenters. The SMILES string of the molecule is O=c1c2ccccc2[nH]c2ccc(OCc3coc(-c4cccs4)n3)cc12. The molecule has 0 aliphatic heterocycles. The van der Waals surface area contributed by atoms with Gasteiger partial charge in [-0.05, 0) is 41.8 Å². The lowest BCUT2D eigenvalue weighted by Gasteiger charge is -2.07. The second kappa shape index (κ2) is 6.41. The van der Waals surface area contributed by atoms with Crippen LogP contribution >= 0.6 is 11.3 Å². The Morgan fingerprint density at radius 3 is 2.81 bits per heavy atom. The van der Waals surface area contributed by atoms with Gasteiger partial charge in [0.1, 0.15) is 24.3 Å². The number of hydrogen-bond acceptors (Lipinski definition) is 5. The van der Waals surface area contributed by atoms with Gasteiger partial charge in [-0.25, -0.2) is 4.98 Å². The molecule has 5 nitrogen and oxygen atoms in total. The topological polar surface area (TPSA) is 68.1 Å². The van der Waals surface area contributed by atoms with E-state index in [2.05, 4.69) is 9.97 Å². The lowest BCUT2D eigenvalue weighted by Crippen LogP contribution is -2.04. The average molecular weight is 374 g/mol. The molecule has 27 heavy (non-hydrogen) atoms. The van der Waals surface area contributed by atoms with Gasteiger partial charge in [0.15, 0.2) is 5.43 Å². The standard InChI is InChI=1S/C21H14N2O3S/c24-20-15-4-1-2-5-17(15)23-18-8-7-14(10-16(18)20)25-11-13-12-26-21(22-13)19-6-3-9-27-19/h1-10,12H,11H2,(H,23,24). The third kappa shape index (κ3) is 2.90. The minimum absolute atomic E-state index is 0.00813. The van der Waals surface area contributed by atoms with Gasteiger partial charge in [-0.3, -0.25) is 4.79 Å². The van der Waals surface area contributed by atoms with Crippen molar-refractivity contribution in [1.29, 1.82) is 0 Å². The van der Waals surface area contributed by atoms with Gasteiger partial charge in [0.25, 0.3) is 0 Å². The van der Waals surface area contributed by atoms with E-state index in [9.17, 15) is 4.79 Å². The summed E-state index contributed by atoms with van der Waals surface area (Å²) in [6, 6.07) is 16.9. The highest BCUT2D eigenvalue weighted by Gasteiger charge is 2.09. The van der Waals surface area contributed by atoms with E-state index in [0.29, 0.717) is 28.1 Å². The lowest BCUT2D eigenvalue weighted by atomic mass is 10.1. The fourth-order valence-electron chi connectivity index (χ4n) is 3.03. The third-order valence-corrected chi connectivity index (χ3v) is 5.20. The maximum absolute atomic E-state index is 12.7. The molecule has 5 rings (SSSR count). The number of hydrogen-bond donors (Lipinski definition) is 1. The molecule has 132 valence electrons. The van der Waals surface area contributed by atoms with E-state index in [1.165, 1.54) is 0 Å². The zero-order valence-corrected chi connectivity index (χ0v) is 15.0. The van der Waals surface area contributed by atoms with Crippen molar-refractivity contribution in [2.45, 2.75) is 6.61 Å². The number of para-hydroxylation sites is 1. The molecule has 0 aliphatic carbocycles. The largest absolute Gasteiger partial charge is 0.487 e. The van der Waals surface area contributed by atoms with Crippen molar-refractivity contribution in [3.8, 4) is 16.5 Å². The van der Waals surface area contributed by atoms with Gasteiger partial charge in [-0.1, -0.05) is 18.2 Å². The predicted molar refractivity (Wildman–Crippen MR) is 106 cm³/mol.